The van der Waals surface area contributed by atoms with Crippen LogP contribution < -0.4 is 5.32 Å². The molecule has 162 valence electrons. The van der Waals surface area contributed by atoms with Crippen molar-refractivity contribution in [2.75, 3.05) is 18.9 Å². The predicted octanol–water partition coefficient (Wildman–Crippen LogP) is 4.91. The van der Waals surface area contributed by atoms with Gasteiger partial charge in [0.1, 0.15) is 0 Å². The molecule has 1 saturated carbocycles. The summed E-state index contributed by atoms with van der Waals surface area (Å²) < 4.78 is 0. The normalized spacial score (nSPS) is 16.6. The second-order valence-electron chi connectivity index (χ2n) is 8.61. The van der Waals surface area contributed by atoms with Crippen molar-refractivity contribution in [3.8, 4) is 0 Å². The Morgan fingerprint density at radius 3 is 2.48 bits per heavy atom. The zero-order valence-corrected chi connectivity index (χ0v) is 18.3. The van der Waals surface area contributed by atoms with Crippen LogP contribution >= 0.6 is 0 Å². The number of nitrogens with zero attached hydrogens (tertiary/aromatic N) is 2. The van der Waals surface area contributed by atoms with Gasteiger partial charge in [0.2, 0.25) is 5.91 Å². The van der Waals surface area contributed by atoms with Crippen molar-refractivity contribution < 1.29 is 9.59 Å². The summed E-state index contributed by atoms with van der Waals surface area (Å²) in [5.41, 5.74) is 4.15. The molecule has 1 aliphatic heterocycles. The van der Waals surface area contributed by atoms with Crippen LogP contribution in [0.15, 0.2) is 55.1 Å². The molecule has 1 heterocycles. The maximum Gasteiger partial charge on any atom is 0.258 e. The van der Waals surface area contributed by atoms with Gasteiger partial charge in [-0.2, -0.15) is 0 Å². The topological polar surface area (TPSA) is 52.7 Å². The molecule has 0 atom stereocenters. The number of hydrogen-bond donors (Lipinski definition) is 1. The first-order valence-corrected chi connectivity index (χ1v) is 11.2. The summed E-state index contributed by atoms with van der Waals surface area (Å²) in [6.45, 7) is 5.19. The van der Waals surface area contributed by atoms with E-state index in [9.17, 15) is 9.59 Å². The summed E-state index contributed by atoms with van der Waals surface area (Å²) in [6, 6.07) is 16.1. The number of benzene rings is 2. The SMILES string of the molecule is C=C1c2ccccc2C(=O)N1CCC(=O)Nc1ccccc1CN(C)C1CCCCC1. The fraction of sp³-hybridized carbons (Fsp3) is 0.385. The highest BCUT2D eigenvalue weighted by Crippen LogP contribution is 2.31. The molecule has 5 nitrogen and oxygen atoms in total. The lowest BCUT2D eigenvalue weighted by Gasteiger charge is -2.31. The number of carbonyl (C=O) groups excluding carboxylic acids is 2. The van der Waals surface area contributed by atoms with Crippen LogP contribution in [0.25, 0.3) is 5.70 Å². The first-order chi connectivity index (χ1) is 15.0. The van der Waals surface area contributed by atoms with Crippen LogP contribution in [0.5, 0.6) is 0 Å². The summed E-state index contributed by atoms with van der Waals surface area (Å²) in [6.07, 6.45) is 6.68. The van der Waals surface area contributed by atoms with Crippen molar-refractivity contribution in [2.45, 2.75) is 51.1 Å². The molecule has 2 aromatic carbocycles. The molecule has 31 heavy (non-hydrogen) atoms. The fourth-order valence-corrected chi connectivity index (χ4v) is 4.70. The molecular weight excluding hydrogens is 386 g/mol. The van der Waals surface area contributed by atoms with Crippen LogP contribution in [0.1, 0.15) is 60.0 Å². The molecule has 1 N–H and O–H groups in total. The zero-order chi connectivity index (χ0) is 21.8. The minimum Gasteiger partial charge on any atom is -0.326 e. The third-order valence-electron chi connectivity index (χ3n) is 6.51. The zero-order valence-electron chi connectivity index (χ0n) is 18.3. The minimum absolute atomic E-state index is 0.0806. The van der Waals surface area contributed by atoms with Crippen LogP contribution in [-0.2, 0) is 11.3 Å². The molecule has 0 aromatic heterocycles. The fourth-order valence-electron chi connectivity index (χ4n) is 4.70. The van der Waals surface area contributed by atoms with Crippen LogP contribution in [0.2, 0.25) is 0 Å². The van der Waals surface area contributed by atoms with Gasteiger partial charge in [0.15, 0.2) is 0 Å². The number of rotatable bonds is 7. The van der Waals surface area contributed by atoms with E-state index in [0.29, 0.717) is 23.8 Å². The van der Waals surface area contributed by atoms with Gasteiger partial charge in [-0.05, 0) is 37.6 Å². The van der Waals surface area contributed by atoms with E-state index < -0.39 is 0 Å². The van der Waals surface area contributed by atoms with Gasteiger partial charge in [-0.15, -0.1) is 0 Å². The summed E-state index contributed by atoms with van der Waals surface area (Å²) in [5, 5.41) is 3.06. The number of para-hydroxylation sites is 1. The van der Waals surface area contributed by atoms with Crippen molar-refractivity contribution in [1.29, 1.82) is 0 Å². The molecule has 0 spiro atoms. The lowest BCUT2D eigenvalue weighted by molar-refractivity contribution is -0.116. The monoisotopic (exact) mass is 417 g/mol. The Morgan fingerprint density at radius 1 is 1.06 bits per heavy atom. The van der Waals surface area contributed by atoms with E-state index in [0.717, 1.165) is 23.4 Å². The van der Waals surface area contributed by atoms with Gasteiger partial charge in [-0.25, -0.2) is 0 Å². The van der Waals surface area contributed by atoms with Crippen molar-refractivity contribution >= 4 is 23.2 Å². The van der Waals surface area contributed by atoms with Crippen LogP contribution in [-0.4, -0.2) is 41.2 Å². The number of amides is 2. The molecule has 1 aliphatic carbocycles. The number of hydrogen-bond acceptors (Lipinski definition) is 3. The molecular formula is C26H31N3O2. The maximum atomic E-state index is 12.7. The Kier molecular flexibility index (Phi) is 6.52. The van der Waals surface area contributed by atoms with Gasteiger partial charge in [-0.1, -0.05) is 62.2 Å². The largest absolute Gasteiger partial charge is 0.326 e. The summed E-state index contributed by atoms with van der Waals surface area (Å²) >= 11 is 0. The second-order valence-corrected chi connectivity index (χ2v) is 8.61. The van der Waals surface area contributed by atoms with Gasteiger partial charge < -0.3 is 10.2 Å². The van der Waals surface area contributed by atoms with Crippen LogP contribution in [0, 0.1) is 0 Å². The van der Waals surface area contributed by atoms with E-state index in [2.05, 4.69) is 29.9 Å². The average Bonchev–Trinajstić information content (AvgIpc) is 3.04. The lowest BCUT2D eigenvalue weighted by atomic mass is 9.94. The van der Waals surface area contributed by atoms with Gasteiger partial charge in [0.25, 0.3) is 5.91 Å². The molecule has 2 aromatic rings. The van der Waals surface area contributed by atoms with E-state index >= 15 is 0 Å². The van der Waals surface area contributed by atoms with E-state index in [4.69, 9.17) is 0 Å². The second kappa shape index (κ2) is 9.48. The third-order valence-corrected chi connectivity index (χ3v) is 6.51. The average molecular weight is 418 g/mol. The molecule has 0 bridgehead atoms. The molecule has 0 unspecified atom stereocenters. The van der Waals surface area contributed by atoms with Crippen molar-refractivity contribution in [3.05, 3.63) is 71.8 Å². The predicted molar refractivity (Wildman–Crippen MR) is 125 cm³/mol. The Labute approximate surface area is 184 Å². The van der Waals surface area contributed by atoms with E-state index in [1.54, 1.807) is 4.90 Å². The Hall–Kier alpha value is -2.92. The molecule has 2 aliphatic rings. The summed E-state index contributed by atoms with van der Waals surface area (Å²) in [4.78, 5) is 29.3. The van der Waals surface area contributed by atoms with E-state index in [1.165, 1.54) is 32.1 Å². The number of anilines is 1. The lowest BCUT2D eigenvalue weighted by Crippen LogP contribution is -2.33. The van der Waals surface area contributed by atoms with Gasteiger partial charge in [-0.3, -0.25) is 14.5 Å². The molecule has 0 radical (unpaired) electrons. The maximum absolute atomic E-state index is 12.7. The van der Waals surface area contributed by atoms with Crippen molar-refractivity contribution in [3.63, 3.8) is 0 Å². The van der Waals surface area contributed by atoms with Crippen molar-refractivity contribution in [2.24, 2.45) is 0 Å². The summed E-state index contributed by atoms with van der Waals surface area (Å²) in [7, 11) is 2.18. The third kappa shape index (κ3) is 4.72. The van der Waals surface area contributed by atoms with E-state index in [1.807, 2.05) is 42.5 Å². The first kappa shape index (κ1) is 21.3. The minimum atomic E-state index is -0.0932. The highest BCUT2D eigenvalue weighted by Gasteiger charge is 2.30. The smallest absolute Gasteiger partial charge is 0.258 e. The Bertz CT molecular complexity index is 943. The van der Waals surface area contributed by atoms with Gasteiger partial charge in [0, 0.05) is 48.1 Å². The van der Waals surface area contributed by atoms with Crippen LogP contribution in [0.3, 0.4) is 0 Å². The summed E-state index contributed by atoms with van der Waals surface area (Å²) in [5.74, 6) is -0.174. The van der Waals surface area contributed by atoms with E-state index in [-0.39, 0.29) is 18.2 Å². The number of nitrogens with one attached hydrogen (secondary N) is 1. The molecule has 5 heteroatoms. The van der Waals surface area contributed by atoms with Crippen molar-refractivity contribution in [1.82, 2.24) is 9.80 Å². The van der Waals surface area contributed by atoms with Crippen LogP contribution in [0.4, 0.5) is 5.69 Å². The molecule has 0 saturated heterocycles. The molecule has 1 fully saturated rings. The Balaban J connectivity index is 1.35. The number of fused-ring (bicyclic) bond motifs is 1. The molecule has 4 rings (SSSR count). The Morgan fingerprint density at radius 2 is 1.74 bits per heavy atom. The van der Waals surface area contributed by atoms with Gasteiger partial charge >= 0.3 is 0 Å². The highest BCUT2D eigenvalue weighted by molar-refractivity contribution is 6.09. The number of carbonyl (C=O) groups is 2. The standard InChI is InChI=1S/C26H31N3O2/c1-19-22-13-7-8-14-23(22)26(31)29(19)17-16-25(30)27-24-15-9-6-10-20(24)18-28(2)21-11-4-3-5-12-21/h6-10,13-15,21H,1,3-5,11-12,16-18H2,2H3,(H,27,30). The van der Waals surface area contributed by atoms with Gasteiger partial charge in [0.05, 0.1) is 0 Å². The highest BCUT2D eigenvalue weighted by atomic mass is 16.2. The first-order valence-electron chi connectivity index (χ1n) is 11.2. The molecule has 2 amide bonds. The quantitative estimate of drug-likeness (QED) is 0.697.